The molecular weight excluding hydrogens is 351 g/mol. The van der Waals surface area contributed by atoms with E-state index >= 15 is 0 Å². The Morgan fingerprint density at radius 3 is 1.96 bits per heavy atom. The van der Waals surface area contributed by atoms with E-state index in [0.29, 0.717) is 17.1 Å². The molecular formula is C21H14F3N3. The van der Waals surface area contributed by atoms with Crippen LogP contribution in [-0.4, -0.2) is 14.8 Å². The molecule has 0 saturated heterocycles. The van der Waals surface area contributed by atoms with Crippen LogP contribution in [0.15, 0.2) is 84.9 Å². The van der Waals surface area contributed by atoms with Crippen molar-refractivity contribution >= 4 is 0 Å². The molecule has 0 aliphatic heterocycles. The summed E-state index contributed by atoms with van der Waals surface area (Å²) in [5.74, 6) is 0. The maximum Gasteiger partial charge on any atom is 0.433 e. The SMILES string of the molecule is FC(F)(F)c1cc(-c2cccc(-c3ccccc3)n2)nn1-c1ccccc1. The van der Waals surface area contributed by atoms with Crippen molar-refractivity contribution in [1.29, 1.82) is 0 Å². The fourth-order valence-electron chi connectivity index (χ4n) is 2.82. The number of hydrogen-bond acceptors (Lipinski definition) is 2. The minimum Gasteiger partial charge on any atom is -0.246 e. The van der Waals surface area contributed by atoms with E-state index in [0.717, 1.165) is 16.3 Å². The Morgan fingerprint density at radius 2 is 1.30 bits per heavy atom. The lowest BCUT2D eigenvalue weighted by molar-refractivity contribution is -0.142. The Labute approximate surface area is 153 Å². The zero-order valence-corrected chi connectivity index (χ0v) is 14.1. The molecule has 4 rings (SSSR count). The molecule has 0 fully saturated rings. The first-order valence-corrected chi connectivity index (χ1v) is 8.28. The summed E-state index contributed by atoms with van der Waals surface area (Å²) >= 11 is 0. The van der Waals surface area contributed by atoms with E-state index in [-0.39, 0.29) is 5.69 Å². The number of para-hydroxylation sites is 1. The zero-order valence-electron chi connectivity index (χ0n) is 14.1. The highest BCUT2D eigenvalue weighted by atomic mass is 19.4. The second-order valence-corrected chi connectivity index (χ2v) is 5.93. The third-order valence-corrected chi connectivity index (χ3v) is 4.08. The summed E-state index contributed by atoms with van der Waals surface area (Å²) in [7, 11) is 0. The minimum atomic E-state index is -4.53. The number of hydrogen-bond donors (Lipinski definition) is 0. The second kappa shape index (κ2) is 6.72. The summed E-state index contributed by atoms with van der Waals surface area (Å²) in [5, 5.41) is 4.19. The molecule has 27 heavy (non-hydrogen) atoms. The predicted octanol–water partition coefficient (Wildman–Crippen LogP) is 5.62. The van der Waals surface area contributed by atoms with E-state index in [1.54, 1.807) is 42.5 Å². The molecule has 0 unspecified atom stereocenters. The zero-order chi connectivity index (χ0) is 18.9. The molecule has 0 aliphatic rings. The van der Waals surface area contributed by atoms with E-state index in [1.807, 2.05) is 36.4 Å². The molecule has 0 N–H and O–H groups in total. The van der Waals surface area contributed by atoms with Crippen molar-refractivity contribution < 1.29 is 13.2 Å². The van der Waals surface area contributed by atoms with Crippen LogP contribution < -0.4 is 0 Å². The lowest BCUT2D eigenvalue weighted by atomic mass is 10.1. The van der Waals surface area contributed by atoms with E-state index in [4.69, 9.17) is 0 Å². The average molecular weight is 365 g/mol. The number of alkyl halides is 3. The molecule has 2 aromatic heterocycles. The van der Waals surface area contributed by atoms with Gasteiger partial charge in [0.1, 0.15) is 11.4 Å². The van der Waals surface area contributed by atoms with Crippen LogP contribution in [0, 0.1) is 0 Å². The van der Waals surface area contributed by atoms with Gasteiger partial charge in [0.25, 0.3) is 0 Å². The van der Waals surface area contributed by atoms with Gasteiger partial charge in [-0.3, -0.25) is 0 Å². The molecule has 0 amide bonds. The summed E-state index contributed by atoms with van der Waals surface area (Å²) in [6, 6.07) is 24.0. The van der Waals surface area contributed by atoms with Crippen molar-refractivity contribution in [3.8, 4) is 28.3 Å². The van der Waals surface area contributed by atoms with Gasteiger partial charge in [0.2, 0.25) is 0 Å². The van der Waals surface area contributed by atoms with Gasteiger partial charge in [-0.05, 0) is 30.3 Å². The quantitative estimate of drug-likeness (QED) is 0.472. The van der Waals surface area contributed by atoms with Crippen LogP contribution in [0.4, 0.5) is 13.2 Å². The van der Waals surface area contributed by atoms with E-state index in [2.05, 4.69) is 10.1 Å². The molecule has 3 nitrogen and oxygen atoms in total. The van der Waals surface area contributed by atoms with Crippen LogP contribution >= 0.6 is 0 Å². The monoisotopic (exact) mass is 365 g/mol. The average Bonchev–Trinajstić information content (AvgIpc) is 3.16. The molecule has 4 aromatic rings. The highest BCUT2D eigenvalue weighted by Crippen LogP contribution is 2.34. The molecule has 0 aliphatic carbocycles. The Morgan fingerprint density at radius 1 is 0.667 bits per heavy atom. The number of benzene rings is 2. The smallest absolute Gasteiger partial charge is 0.246 e. The van der Waals surface area contributed by atoms with Crippen LogP contribution in [0.1, 0.15) is 5.69 Å². The van der Waals surface area contributed by atoms with Gasteiger partial charge in [-0.25, -0.2) is 9.67 Å². The van der Waals surface area contributed by atoms with Gasteiger partial charge in [-0.15, -0.1) is 0 Å². The molecule has 2 heterocycles. The van der Waals surface area contributed by atoms with Crippen molar-refractivity contribution in [3.05, 3.63) is 90.6 Å². The fourth-order valence-corrected chi connectivity index (χ4v) is 2.82. The van der Waals surface area contributed by atoms with Crippen molar-refractivity contribution in [3.63, 3.8) is 0 Å². The second-order valence-electron chi connectivity index (χ2n) is 5.93. The molecule has 6 heteroatoms. The summed E-state index contributed by atoms with van der Waals surface area (Å²) in [6.07, 6.45) is -4.53. The van der Waals surface area contributed by atoms with Crippen LogP contribution in [-0.2, 0) is 6.18 Å². The first-order valence-electron chi connectivity index (χ1n) is 8.28. The predicted molar refractivity (Wildman–Crippen MR) is 97.2 cm³/mol. The van der Waals surface area contributed by atoms with Gasteiger partial charge in [0.15, 0.2) is 0 Å². The fraction of sp³-hybridized carbons (Fsp3) is 0.0476. The van der Waals surface area contributed by atoms with Gasteiger partial charge in [-0.1, -0.05) is 54.6 Å². The topological polar surface area (TPSA) is 30.7 Å². The van der Waals surface area contributed by atoms with Crippen LogP contribution in [0.3, 0.4) is 0 Å². The Balaban J connectivity index is 1.83. The highest BCUT2D eigenvalue weighted by molar-refractivity contribution is 5.64. The standard InChI is InChI=1S/C21H14F3N3/c22-21(23,24)20-14-19(26-27(20)16-10-5-2-6-11-16)18-13-7-12-17(25-18)15-8-3-1-4-9-15/h1-14H. The molecule has 2 aromatic carbocycles. The van der Waals surface area contributed by atoms with Gasteiger partial charge >= 0.3 is 6.18 Å². The first kappa shape index (κ1) is 17.0. The minimum absolute atomic E-state index is 0.170. The maximum atomic E-state index is 13.5. The van der Waals surface area contributed by atoms with E-state index in [9.17, 15) is 13.2 Å². The number of nitrogens with zero attached hydrogens (tertiary/aromatic N) is 3. The molecule has 0 radical (unpaired) electrons. The van der Waals surface area contributed by atoms with Crippen LogP contribution in [0.25, 0.3) is 28.3 Å². The number of aromatic nitrogens is 3. The lowest BCUT2D eigenvalue weighted by Crippen LogP contribution is -2.13. The third kappa shape index (κ3) is 3.46. The molecule has 0 saturated carbocycles. The largest absolute Gasteiger partial charge is 0.433 e. The first-order chi connectivity index (χ1) is 13.0. The normalized spacial score (nSPS) is 11.5. The van der Waals surface area contributed by atoms with Crippen LogP contribution in [0.5, 0.6) is 0 Å². The van der Waals surface area contributed by atoms with Crippen molar-refractivity contribution in [2.24, 2.45) is 0 Å². The van der Waals surface area contributed by atoms with Gasteiger partial charge in [0, 0.05) is 5.56 Å². The molecule has 0 bridgehead atoms. The Kier molecular flexibility index (Phi) is 4.24. The van der Waals surface area contributed by atoms with Crippen molar-refractivity contribution in [2.75, 3.05) is 0 Å². The number of halogens is 3. The Bertz CT molecular complexity index is 1050. The van der Waals surface area contributed by atoms with Crippen molar-refractivity contribution in [1.82, 2.24) is 14.8 Å². The lowest BCUT2D eigenvalue weighted by Gasteiger charge is -2.09. The summed E-state index contributed by atoms with van der Waals surface area (Å²) in [5.41, 5.74) is 1.63. The highest BCUT2D eigenvalue weighted by Gasteiger charge is 2.36. The van der Waals surface area contributed by atoms with Crippen molar-refractivity contribution in [2.45, 2.75) is 6.18 Å². The molecule has 0 spiro atoms. The summed E-state index contributed by atoms with van der Waals surface area (Å²) < 4.78 is 41.5. The molecule has 134 valence electrons. The molecule has 0 atom stereocenters. The summed E-state index contributed by atoms with van der Waals surface area (Å²) in [4.78, 5) is 4.50. The van der Waals surface area contributed by atoms with E-state index in [1.165, 1.54) is 0 Å². The number of pyridine rings is 1. The van der Waals surface area contributed by atoms with Crippen LogP contribution in [0.2, 0.25) is 0 Å². The van der Waals surface area contributed by atoms with Gasteiger partial charge in [0.05, 0.1) is 17.1 Å². The van der Waals surface area contributed by atoms with Gasteiger partial charge < -0.3 is 0 Å². The van der Waals surface area contributed by atoms with Gasteiger partial charge in [-0.2, -0.15) is 18.3 Å². The summed E-state index contributed by atoms with van der Waals surface area (Å²) in [6.45, 7) is 0. The third-order valence-electron chi connectivity index (χ3n) is 4.08. The Hall–Kier alpha value is -3.41. The number of rotatable bonds is 3. The van der Waals surface area contributed by atoms with E-state index < -0.39 is 11.9 Å². The maximum absolute atomic E-state index is 13.5.